The molecular formula is C24H26N2O3S. The van der Waals surface area contributed by atoms with Gasteiger partial charge in [0.05, 0.1) is 12.1 Å². The zero-order chi connectivity index (χ0) is 21.2. The first kappa shape index (κ1) is 21.7. The summed E-state index contributed by atoms with van der Waals surface area (Å²) < 4.78 is 0. The van der Waals surface area contributed by atoms with Crippen molar-refractivity contribution in [2.75, 3.05) is 11.9 Å². The molecule has 1 unspecified atom stereocenters. The molecule has 0 spiro atoms. The van der Waals surface area contributed by atoms with Gasteiger partial charge in [-0.3, -0.25) is 0 Å². The normalized spacial score (nSPS) is 12.7. The van der Waals surface area contributed by atoms with Gasteiger partial charge in [0.2, 0.25) is 0 Å². The average Bonchev–Trinajstić information content (AvgIpc) is 2.77. The Kier molecular flexibility index (Phi) is 8.18. The monoisotopic (exact) mass is 422 g/mol. The van der Waals surface area contributed by atoms with E-state index in [1.807, 2.05) is 72.8 Å². The molecule has 0 radical (unpaired) electrons. The molecule has 5 nitrogen and oxygen atoms in total. The van der Waals surface area contributed by atoms with E-state index < -0.39 is 18.2 Å². The Morgan fingerprint density at radius 1 is 0.867 bits per heavy atom. The van der Waals surface area contributed by atoms with E-state index in [1.165, 1.54) is 10.5 Å². The number of aliphatic hydroxyl groups is 1. The van der Waals surface area contributed by atoms with Crippen molar-refractivity contribution < 1.29 is 15.0 Å². The van der Waals surface area contributed by atoms with Crippen LogP contribution in [0.2, 0.25) is 0 Å². The van der Waals surface area contributed by atoms with Gasteiger partial charge in [0.15, 0.2) is 0 Å². The van der Waals surface area contributed by atoms with Crippen molar-refractivity contribution in [2.24, 2.45) is 0 Å². The van der Waals surface area contributed by atoms with E-state index in [2.05, 4.69) is 22.8 Å². The minimum Gasteiger partial charge on any atom is -0.465 e. The molecule has 0 saturated heterocycles. The van der Waals surface area contributed by atoms with Crippen molar-refractivity contribution in [1.82, 2.24) is 5.32 Å². The van der Waals surface area contributed by atoms with Crippen LogP contribution in [0.5, 0.6) is 0 Å². The third kappa shape index (κ3) is 7.13. The van der Waals surface area contributed by atoms with E-state index in [0.29, 0.717) is 6.42 Å². The second kappa shape index (κ2) is 11.3. The number of amides is 1. The molecule has 1 amide bonds. The number of anilines is 1. The van der Waals surface area contributed by atoms with E-state index in [4.69, 9.17) is 5.11 Å². The van der Waals surface area contributed by atoms with Crippen LogP contribution in [0.25, 0.3) is 0 Å². The van der Waals surface area contributed by atoms with Crippen molar-refractivity contribution >= 4 is 23.5 Å². The summed E-state index contributed by atoms with van der Waals surface area (Å²) in [7, 11) is 0. The third-order valence-electron chi connectivity index (χ3n) is 4.69. The second-order valence-electron chi connectivity index (χ2n) is 6.99. The van der Waals surface area contributed by atoms with Crippen LogP contribution in [0.4, 0.5) is 10.5 Å². The summed E-state index contributed by atoms with van der Waals surface area (Å²) in [6.07, 6.45) is -1.59. The van der Waals surface area contributed by atoms with Gasteiger partial charge in [0, 0.05) is 22.9 Å². The van der Waals surface area contributed by atoms with Gasteiger partial charge >= 0.3 is 6.09 Å². The van der Waals surface area contributed by atoms with Crippen molar-refractivity contribution in [3.63, 3.8) is 0 Å². The van der Waals surface area contributed by atoms with Crippen LogP contribution in [-0.4, -0.2) is 35.0 Å². The highest BCUT2D eigenvalue weighted by molar-refractivity contribution is 7.98. The standard InChI is InChI=1S/C24H26N2O3S/c27-23(22(26-24(28)29)15-18-7-3-1-4-8-18)16-25-20-11-13-21(14-12-20)30-17-19-9-5-2-6-10-19/h1-14,22-23,25-27H,15-17H2,(H,28,29)/t22?,23-/m1/s1. The average molecular weight is 423 g/mol. The van der Waals surface area contributed by atoms with Crippen molar-refractivity contribution in [2.45, 2.75) is 29.2 Å². The molecule has 3 rings (SSSR count). The second-order valence-corrected chi connectivity index (χ2v) is 8.04. The number of aliphatic hydroxyl groups excluding tert-OH is 1. The first-order valence-corrected chi connectivity index (χ1v) is 10.8. The van der Waals surface area contributed by atoms with E-state index >= 15 is 0 Å². The predicted octanol–water partition coefficient (Wildman–Crippen LogP) is 4.63. The van der Waals surface area contributed by atoms with E-state index in [9.17, 15) is 9.90 Å². The molecule has 0 saturated carbocycles. The Hall–Kier alpha value is -2.96. The molecule has 4 N–H and O–H groups in total. The lowest BCUT2D eigenvalue weighted by atomic mass is 10.0. The molecule has 0 aliphatic carbocycles. The lowest BCUT2D eigenvalue weighted by Gasteiger charge is -2.23. The Balaban J connectivity index is 1.51. The van der Waals surface area contributed by atoms with Crippen LogP contribution in [0.15, 0.2) is 89.8 Å². The molecule has 0 heterocycles. The van der Waals surface area contributed by atoms with Crippen LogP contribution >= 0.6 is 11.8 Å². The van der Waals surface area contributed by atoms with Gasteiger partial charge in [-0.05, 0) is 41.8 Å². The molecule has 156 valence electrons. The summed E-state index contributed by atoms with van der Waals surface area (Å²) in [5.74, 6) is 0.911. The molecule has 3 aromatic carbocycles. The third-order valence-corrected chi connectivity index (χ3v) is 5.77. The topological polar surface area (TPSA) is 81.6 Å². The SMILES string of the molecule is O=C(O)NC(Cc1ccccc1)[C@H](O)CNc1ccc(SCc2ccccc2)cc1. The smallest absolute Gasteiger partial charge is 0.404 e. The van der Waals surface area contributed by atoms with Gasteiger partial charge in [-0.15, -0.1) is 11.8 Å². The molecule has 0 aliphatic rings. The van der Waals surface area contributed by atoms with Gasteiger partial charge in [-0.2, -0.15) is 0 Å². The summed E-state index contributed by atoms with van der Waals surface area (Å²) in [6, 6.07) is 27.3. The number of thioether (sulfide) groups is 1. The van der Waals surface area contributed by atoms with Crippen LogP contribution in [0, 0.1) is 0 Å². The lowest BCUT2D eigenvalue weighted by Crippen LogP contribution is -2.47. The predicted molar refractivity (Wildman–Crippen MR) is 122 cm³/mol. The maximum absolute atomic E-state index is 11.1. The van der Waals surface area contributed by atoms with E-state index in [0.717, 1.165) is 17.0 Å². The molecular weight excluding hydrogens is 396 g/mol. The summed E-state index contributed by atoms with van der Waals surface area (Å²) in [5, 5.41) is 25.3. The molecule has 2 atom stereocenters. The summed E-state index contributed by atoms with van der Waals surface area (Å²) >= 11 is 1.77. The first-order valence-electron chi connectivity index (χ1n) is 9.82. The molecule has 6 heteroatoms. The van der Waals surface area contributed by atoms with Gasteiger partial charge in [-0.25, -0.2) is 4.79 Å². The highest BCUT2D eigenvalue weighted by atomic mass is 32.2. The molecule has 0 fully saturated rings. The van der Waals surface area contributed by atoms with E-state index in [1.54, 1.807) is 11.8 Å². The molecule has 0 aliphatic heterocycles. The van der Waals surface area contributed by atoms with Gasteiger partial charge in [0.1, 0.15) is 0 Å². The Labute approximate surface area is 181 Å². The number of hydrogen-bond donors (Lipinski definition) is 4. The molecule has 30 heavy (non-hydrogen) atoms. The zero-order valence-electron chi connectivity index (χ0n) is 16.6. The highest BCUT2D eigenvalue weighted by Crippen LogP contribution is 2.24. The number of benzene rings is 3. The fourth-order valence-electron chi connectivity index (χ4n) is 3.08. The van der Waals surface area contributed by atoms with Gasteiger partial charge in [0.25, 0.3) is 0 Å². The largest absolute Gasteiger partial charge is 0.465 e. The minimum absolute atomic E-state index is 0.244. The number of carbonyl (C=O) groups is 1. The van der Waals surface area contributed by atoms with Crippen LogP contribution in [0.1, 0.15) is 11.1 Å². The number of nitrogens with one attached hydrogen (secondary N) is 2. The summed E-state index contributed by atoms with van der Waals surface area (Å²) in [4.78, 5) is 12.3. The molecule has 0 bridgehead atoms. The summed E-state index contributed by atoms with van der Waals surface area (Å²) in [5.41, 5.74) is 3.13. The van der Waals surface area contributed by atoms with Crippen LogP contribution in [0.3, 0.4) is 0 Å². The van der Waals surface area contributed by atoms with Crippen molar-refractivity contribution in [3.05, 3.63) is 96.1 Å². The fraction of sp³-hybridized carbons (Fsp3) is 0.208. The maximum atomic E-state index is 11.1. The maximum Gasteiger partial charge on any atom is 0.404 e. The Bertz CT molecular complexity index is 905. The Morgan fingerprint density at radius 2 is 1.47 bits per heavy atom. The van der Waals surface area contributed by atoms with Crippen LogP contribution in [-0.2, 0) is 12.2 Å². The molecule has 3 aromatic rings. The number of rotatable bonds is 10. The number of carboxylic acid groups (broad SMARTS) is 1. The number of hydrogen-bond acceptors (Lipinski definition) is 4. The quantitative estimate of drug-likeness (QED) is 0.358. The fourth-order valence-corrected chi connectivity index (χ4v) is 3.94. The Morgan fingerprint density at radius 3 is 2.07 bits per heavy atom. The molecule has 0 aromatic heterocycles. The van der Waals surface area contributed by atoms with E-state index in [-0.39, 0.29) is 6.54 Å². The van der Waals surface area contributed by atoms with Crippen LogP contribution < -0.4 is 10.6 Å². The van der Waals surface area contributed by atoms with Gasteiger partial charge < -0.3 is 20.8 Å². The van der Waals surface area contributed by atoms with Gasteiger partial charge in [-0.1, -0.05) is 60.7 Å². The first-order chi connectivity index (χ1) is 14.6. The lowest BCUT2D eigenvalue weighted by molar-refractivity contribution is 0.128. The van der Waals surface area contributed by atoms with Crippen molar-refractivity contribution in [1.29, 1.82) is 0 Å². The zero-order valence-corrected chi connectivity index (χ0v) is 17.4. The summed E-state index contributed by atoms with van der Waals surface area (Å²) in [6.45, 7) is 0.244. The highest BCUT2D eigenvalue weighted by Gasteiger charge is 2.21. The minimum atomic E-state index is -1.14. The van der Waals surface area contributed by atoms with Crippen molar-refractivity contribution in [3.8, 4) is 0 Å².